The van der Waals surface area contributed by atoms with Crippen LogP contribution in [0.25, 0.3) is 130 Å². The van der Waals surface area contributed by atoms with E-state index in [0.717, 1.165) is 27.5 Å². The summed E-state index contributed by atoms with van der Waals surface area (Å²) >= 11 is 1.89. The lowest BCUT2D eigenvalue weighted by atomic mass is 9.85. The largest absolute Gasteiger partial charge is 0.455 e. The zero-order valence-corrected chi connectivity index (χ0v) is 33.3. The van der Waals surface area contributed by atoms with Crippen molar-refractivity contribution >= 4 is 96.5 Å². The number of fused-ring (bicyclic) bond motifs is 10. The Morgan fingerprint density at radius 1 is 0.283 bits per heavy atom. The topological polar surface area (TPSA) is 13.1 Å². The number of hydrogen-bond acceptors (Lipinski definition) is 2. The second kappa shape index (κ2) is 13.0. The van der Waals surface area contributed by atoms with Gasteiger partial charge in [0.1, 0.15) is 11.2 Å². The van der Waals surface area contributed by atoms with Gasteiger partial charge < -0.3 is 4.42 Å². The van der Waals surface area contributed by atoms with Crippen molar-refractivity contribution in [3.63, 3.8) is 0 Å². The Kier molecular flexibility index (Phi) is 7.24. The van der Waals surface area contributed by atoms with Crippen LogP contribution in [0.1, 0.15) is 0 Å². The maximum atomic E-state index is 6.99. The highest BCUT2D eigenvalue weighted by molar-refractivity contribution is 7.26. The van der Waals surface area contributed by atoms with Crippen molar-refractivity contribution in [2.24, 2.45) is 0 Å². The van der Waals surface area contributed by atoms with Crippen LogP contribution in [0.2, 0.25) is 0 Å². The number of benzene rings is 11. The van der Waals surface area contributed by atoms with Gasteiger partial charge in [-0.2, -0.15) is 0 Å². The van der Waals surface area contributed by atoms with Crippen LogP contribution in [0.5, 0.6) is 0 Å². The van der Waals surface area contributed by atoms with E-state index < -0.39 is 0 Å². The molecule has 0 aliphatic carbocycles. The maximum Gasteiger partial charge on any atom is 0.143 e. The van der Waals surface area contributed by atoms with E-state index in [1.54, 1.807) is 0 Å². The van der Waals surface area contributed by atoms with Crippen molar-refractivity contribution in [1.82, 2.24) is 0 Å². The first-order valence-electron chi connectivity index (χ1n) is 20.6. The van der Waals surface area contributed by atoms with Gasteiger partial charge in [-0.3, -0.25) is 0 Å². The van der Waals surface area contributed by atoms with Crippen LogP contribution in [-0.2, 0) is 0 Å². The monoisotopic (exact) mass is 778 g/mol. The molecule has 0 spiro atoms. The lowest BCUT2D eigenvalue weighted by Crippen LogP contribution is -1.91. The number of rotatable bonds is 4. The Hall–Kier alpha value is -7.52. The molecule has 2 aromatic heterocycles. The molecule has 0 radical (unpaired) electrons. The molecule has 0 N–H and O–H groups in total. The van der Waals surface area contributed by atoms with E-state index in [1.165, 1.54) is 102 Å². The zero-order valence-electron chi connectivity index (χ0n) is 32.4. The van der Waals surface area contributed by atoms with Crippen LogP contribution in [-0.4, -0.2) is 0 Å². The molecule has 60 heavy (non-hydrogen) atoms. The molecule has 1 nitrogen and oxygen atoms in total. The van der Waals surface area contributed by atoms with Gasteiger partial charge >= 0.3 is 0 Å². The summed E-state index contributed by atoms with van der Waals surface area (Å²) in [4.78, 5) is 0. The predicted molar refractivity (Wildman–Crippen MR) is 258 cm³/mol. The number of hydrogen-bond donors (Lipinski definition) is 0. The molecule has 0 saturated carbocycles. The van der Waals surface area contributed by atoms with Crippen molar-refractivity contribution in [2.45, 2.75) is 0 Å². The molecular formula is C58H34OS. The van der Waals surface area contributed by atoms with Crippen LogP contribution in [0.4, 0.5) is 0 Å². The van der Waals surface area contributed by atoms with Crippen molar-refractivity contribution in [3.05, 3.63) is 206 Å². The van der Waals surface area contributed by atoms with E-state index in [2.05, 4.69) is 206 Å². The van der Waals surface area contributed by atoms with E-state index in [1.807, 2.05) is 11.3 Å². The molecule has 278 valence electrons. The van der Waals surface area contributed by atoms with Gasteiger partial charge in [0.25, 0.3) is 0 Å². The first kappa shape index (κ1) is 33.5. The smallest absolute Gasteiger partial charge is 0.143 e. The lowest BCUT2D eigenvalue weighted by molar-refractivity contribution is 0.670. The highest BCUT2D eigenvalue weighted by Crippen LogP contribution is 2.50. The van der Waals surface area contributed by atoms with Gasteiger partial charge in [-0.05, 0) is 89.1 Å². The Morgan fingerprint density at radius 2 is 0.733 bits per heavy atom. The average molecular weight is 779 g/mol. The summed E-state index contributed by atoms with van der Waals surface area (Å²) in [5, 5.41) is 14.8. The summed E-state index contributed by atoms with van der Waals surface area (Å²) in [5.41, 5.74) is 11.6. The van der Waals surface area contributed by atoms with Gasteiger partial charge in [0.2, 0.25) is 0 Å². The predicted octanol–water partition coefficient (Wildman–Crippen LogP) is 17.2. The normalized spacial score (nSPS) is 12.0. The molecule has 0 bridgehead atoms. The third-order valence-electron chi connectivity index (χ3n) is 12.7. The highest BCUT2D eigenvalue weighted by Gasteiger charge is 2.23. The van der Waals surface area contributed by atoms with Crippen LogP contribution >= 0.6 is 11.3 Å². The summed E-state index contributed by atoms with van der Waals surface area (Å²) in [7, 11) is 0. The molecule has 0 aliphatic rings. The quantitative estimate of drug-likeness (QED) is 0.162. The molecule has 2 heteroatoms. The number of furan rings is 1. The Morgan fingerprint density at radius 3 is 1.33 bits per heavy atom. The van der Waals surface area contributed by atoms with Crippen molar-refractivity contribution < 1.29 is 4.42 Å². The Balaban J connectivity index is 1.06. The average Bonchev–Trinajstić information content (AvgIpc) is 3.89. The first-order chi connectivity index (χ1) is 29.8. The molecule has 0 saturated heterocycles. The van der Waals surface area contributed by atoms with E-state index in [-0.39, 0.29) is 0 Å². The first-order valence-corrected chi connectivity index (χ1v) is 21.4. The minimum Gasteiger partial charge on any atom is -0.455 e. The second-order valence-electron chi connectivity index (χ2n) is 15.8. The van der Waals surface area contributed by atoms with Crippen LogP contribution in [0.15, 0.2) is 211 Å². The molecule has 13 rings (SSSR count). The Labute approximate surface area is 350 Å². The van der Waals surface area contributed by atoms with Crippen molar-refractivity contribution in [3.8, 4) is 44.5 Å². The van der Waals surface area contributed by atoms with Gasteiger partial charge in [-0.25, -0.2) is 0 Å². The fourth-order valence-corrected chi connectivity index (χ4v) is 11.4. The fourth-order valence-electron chi connectivity index (χ4n) is 10.2. The number of para-hydroxylation sites is 1. The van der Waals surface area contributed by atoms with Crippen LogP contribution in [0, 0.1) is 0 Å². The third-order valence-corrected chi connectivity index (χ3v) is 13.9. The molecule has 2 heterocycles. The lowest BCUT2D eigenvalue weighted by Gasteiger charge is -2.18. The standard InChI is InChI=1S/C58H34OS/c1-2-16-35(17-3-1)53-38-19-4-6-21-40(38)54(41-22-7-5-20-39(41)53)36-32-33-51-50(34-36)46-27-14-29-48(57(46)59-51)55-42-23-8-10-25-44(42)56(45-26-11-9-24-43(45)55)49-30-15-28-47-37-18-12-13-31-52(37)60-58(47)49/h1-34H. The molecule has 0 fully saturated rings. The molecule has 13 aromatic rings. The van der Waals surface area contributed by atoms with Crippen molar-refractivity contribution in [1.29, 1.82) is 0 Å². The van der Waals surface area contributed by atoms with Gasteiger partial charge in [0.15, 0.2) is 0 Å². The van der Waals surface area contributed by atoms with Gasteiger partial charge in [0, 0.05) is 47.6 Å². The zero-order chi connectivity index (χ0) is 39.3. The van der Waals surface area contributed by atoms with E-state index >= 15 is 0 Å². The maximum absolute atomic E-state index is 6.99. The summed E-state index contributed by atoms with van der Waals surface area (Å²) in [6.07, 6.45) is 0. The minimum atomic E-state index is 0.886. The molecule has 0 unspecified atom stereocenters. The van der Waals surface area contributed by atoms with Crippen LogP contribution < -0.4 is 0 Å². The summed E-state index contributed by atoms with van der Waals surface area (Å²) in [6, 6.07) is 75.5. The van der Waals surface area contributed by atoms with E-state index in [4.69, 9.17) is 4.42 Å². The fraction of sp³-hybridized carbons (Fsp3) is 0. The van der Waals surface area contributed by atoms with E-state index in [9.17, 15) is 0 Å². The minimum absolute atomic E-state index is 0.886. The SMILES string of the molecule is c1ccc(-c2c3ccccc3c(-c3ccc4oc5c(-c6c7ccccc7c(-c7cccc8c7sc7ccccc78)c7ccccc67)cccc5c4c3)c3ccccc23)cc1. The molecule has 11 aromatic carbocycles. The summed E-state index contributed by atoms with van der Waals surface area (Å²) in [6.45, 7) is 0. The summed E-state index contributed by atoms with van der Waals surface area (Å²) in [5.74, 6) is 0. The van der Waals surface area contributed by atoms with Gasteiger partial charge in [-0.15, -0.1) is 11.3 Å². The second-order valence-corrected chi connectivity index (χ2v) is 16.9. The summed E-state index contributed by atoms with van der Waals surface area (Å²) < 4.78 is 9.63. The molecule has 0 amide bonds. The highest BCUT2D eigenvalue weighted by atomic mass is 32.1. The molecule has 0 atom stereocenters. The number of thiophene rings is 1. The van der Waals surface area contributed by atoms with Gasteiger partial charge in [0.05, 0.1) is 0 Å². The van der Waals surface area contributed by atoms with E-state index in [0.29, 0.717) is 0 Å². The van der Waals surface area contributed by atoms with Crippen molar-refractivity contribution in [2.75, 3.05) is 0 Å². The Bertz CT molecular complexity index is 3770. The van der Waals surface area contributed by atoms with Gasteiger partial charge in [-0.1, -0.05) is 188 Å². The molecule has 0 aliphatic heterocycles. The van der Waals surface area contributed by atoms with Crippen LogP contribution in [0.3, 0.4) is 0 Å². The third kappa shape index (κ3) is 4.80. The molecular weight excluding hydrogens is 745 g/mol.